The second kappa shape index (κ2) is 6.23. The van der Waals surface area contributed by atoms with Crippen molar-refractivity contribution >= 4 is 15.2 Å². The van der Waals surface area contributed by atoms with Gasteiger partial charge in [0.05, 0.1) is 0 Å². The van der Waals surface area contributed by atoms with Crippen LogP contribution in [-0.2, 0) is 9.13 Å². The van der Waals surface area contributed by atoms with Crippen LogP contribution in [0.1, 0.15) is 12.8 Å². The summed E-state index contributed by atoms with van der Waals surface area (Å²) in [5.74, 6) is 0. The van der Waals surface area contributed by atoms with Gasteiger partial charge in [0, 0.05) is 0 Å². The second-order valence-corrected chi connectivity index (χ2v) is 6.62. The van der Waals surface area contributed by atoms with Crippen molar-refractivity contribution in [3.05, 3.63) is 0 Å². The summed E-state index contributed by atoms with van der Waals surface area (Å²) >= 11 is 0. The largest absolute Gasteiger partial charge is 1.00 e. The van der Waals surface area contributed by atoms with Crippen LogP contribution in [0.25, 0.3) is 0 Å². The minimum absolute atomic E-state index is 0. The molecule has 11 heteroatoms. The summed E-state index contributed by atoms with van der Waals surface area (Å²) in [5.41, 5.74) is 4.96. The SMILES string of the molecule is NCCCC(O)(P(=O)([O-])[O-])P(=O)(O)O.[Na+]. The standard InChI is InChI=1S/C4H13NO7P2.Na/c5-3-1-2-4(6,13(7,8)9)14(10,11)12;/h6H,1-3,5H2,(H2,7,8,9)(H2,10,11,12);/q;+1/p-2. The molecule has 0 aromatic carbocycles. The Balaban J connectivity index is 0. The van der Waals surface area contributed by atoms with Crippen LogP contribution in [-0.4, -0.2) is 26.5 Å². The summed E-state index contributed by atoms with van der Waals surface area (Å²) in [5, 5.41) is 5.57. The summed E-state index contributed by atoms with van der Waals surface area (Å²) in [6.07, 6.45) is -1.06. The monoisotopic (exact) mass is 270 g/mol. The molecular formula is C4H11NNaO7P2-. The smallest absolute Gasteiger partial charge is 0.808 e. The van der Waals surface area contributed by atoms with Gasteiger partial charge in [0.1, 0.15) is 0 Å². The van der Waals surface area contributed by atoms with E-state index in [0.29, 0.717) is 0 Å². The van der Waals surface area contributed by atoms with Crippen molar-refractivity contribution in [2.45, 2.75) is 17.9 Å². The van der Waals surface area contributed by atoms with E-state index in [1.165, 1.54) is 0 Å². The number of hydrogen-bond acceptors (Lipinski definition) is 6. The van der Waals surface area contributed by atoms with E-state index >= 15 is 0 Å². The van der Waals surface area contributed by atoms with Crippen LogP contribution < -0.4 is 45.1 Å². The molecule has 15 heavy (non-hydrogen) atoms. The van der Waals surface area contributed by atoms with Crippen molar-refractivity contribution in [2.75, 3.05) is 6.54 Å². The molecule has 0 heterocycles. The van der Waals surface area contributed by atoms with Crippen molar-refractivity contribution in [1.82, 2.24) is 0 Å². The predicted molar refractivity (Wildman–Crippen MR) is 42.9 cm³/mol. The molecule has 0 aliphatic rings. The molecule has 0 spiro atoms. The third kappa shape index (κ3) is 4.53. The molecule has 0 fully saturated rings. The second-order valence-electron chi connectivity index (χ2n) is 2.71. The Bertz CT molecular complexity index is 263. The summed E-state index contributed by atoms with van der Waals surface area (Å²) in [6.45, 7) is -0.0949. The molecule has 86 valence electrons. The molecule has 0 aromatic rings. The molecule has 0 saturated heterocycles. The van der Waals surface area contributed by atoms with Gasteiger partial charge in [-0.1, -0.05) is 0 Å². The summed E-state index contributed by atoms with van der Waals surface area (Å²) in [6, 6.07) is 0. The number of nitrogens with two attached hydrogens (primary N) is 1. The molecule has 5 N–H and O–H groups in total. The van der Waals surface area contributed by atoms with E-state index in [1.807, 2.05) is 0 Å². The third-order valence-electron chi connectivity index (χ3n) is 1.62. The van der Waals surface area contributed by atoms with Gasteiger partial charge in [-0.3, -0.25) is 4.57 Å². The minimum Gasteiger partial charge on any atom is -0.808 e. The first-order chi connectivity index (χ1) is 6.06. The molecule has 0 aromatic heterocycles. The average Bonchev–Trinajstić information content (AvgIpc) is 1.95. The molecule has 0 amide bonds. The van der Waals surface area contributed by atoms with E-state index in [4.69, 9.17) is 20.6 Å². The molecule has 0 aliphatic carbocycles. The van der Waals surface area contributed by atoms with Crippen LogP contribution >= 0.6 is 15.2 Å². The zero-order valence-corrected chi connectivity index (χ0v) is 11.9. The molecule has 0 rings (SSSR count). The van der Waals surface area contributed by atoms with E-state index in [-0.39, 0.29) is 42.5 Å². The Kier molecular flexibility index (Phi) is 7.72. The molecule has 0 saturated carbocycles. The van der Waals surface area contributed by atoms with Crippen LogP contribution in [0.15, 0.2) is 0 Å². The average molecular weight is 270 g/mol. The fourth-order valence-corrected chi connectivity index (χ4v) is 2.94. The maximum absolute atomic E-state index is 10.6. The zero-order valence-electron chi connectivity index (χ0n) is 8.07. The Morgan fingerprint density at radius 2 is 1.67 bits per heavy atom. The Morgan fingerprint density at radius 3 is 1.87 bits per heavy atom. The van der Waals surface area contributed by atoms with Crippen LogP contribution in [0.5, 0.6) is 0 Å². The van der Waals surface area contributed by atoms with Gasteiger partial charge in [0.15, 0.2) is 5.08 Å². The van der Waals surface area contributed by atoms with E-state index in [1.54, 1.807) is 0 Å². The van der Waals surface area contributed by atoms with E-state index in [2.05, 4.69) is 0 Å². The fraction of sp³-hybridized carbons (Fsp3) is 1.00. The number of rotatable bonds is 5. The quantitative estimate of drug-likeness (QED) is 0.283. The van der Waals surface area contributed by atoms with Gasteiger partial charge in [0.25, 0.3) is 0 Å². The molecule has 0 radical (unpaired) electrons. The molecule has 1 atom stereocenters. The van der Waals surface area contributed by atoms with Crippen LogP contribution in [0.2, 0.25) is 0 Å². The van der Waals surface area contributed by atoms with Gasteiger partial charge in [0.2, 0.25) is 0 Å². The third-order valence-corrected chi connectivity index (χ3v) is 5.40. The fourth-order valence-electron chi connectivity index (χ4n) is 0.781. The molecule has 0 aliphatic heterocycles. The summed E-state index contributed by atoms with van der Waals surface area (Å²) in [7, 11) is -11.2. The predicted octanol–water partition coefficient (Wildman–Crippen LogP) is -5.53. The van der Waals surface area contributed by atoms with Gasteiger partial charge >= 0.3 is 37.2 Å². The van der Waals surface area contributed by atoms with Gasteiger partial charge < -0.3 is 35.0 Å². The summed E-state index contributed by atoms with van der Waals surface area (Å²) < 4.78 is 21.1. The molecule has 0 bridgehead atoms. The van der Waals surface area contributed by atoms with E-state index in [0.717, 1.165) is 0 Å². The number of hydrogen-bond donors (Lipinski definition) is 4. The van der Waals surface area contributed by atoms with Crippen molar-refractivity contribution < 1.29 is 63.4 Å². The maximum atomic E-state index is 10.6. The first-order valence-corrected chi connectivity index (χ1v) is 6.72. The first kappa shape index (κ1) is 18.6. The van der Waals surface area contributed by atoms with Gasteiger partial charge in [-0.2, -0.15) is 0 Å². The van der Waals surface area contributed by atoms with Crippen molar-refractivity contribution in [2.24, 2.45) is 5.73 Å². The summed E-state index contributed by atoms with van der Waals surface area (Å²) in [4.78, 5) is 38.1. The molecular weight excluding hydrogens is 259 g/mol. The minimum atomic E-state index is -5.80. The van der Waals surface area contributed by atoms with Crippen molar-refractivity contribution in [1.29, 1.82) is 0 Å². The maximum Gasteiger partial charge on any atom is 1.00 e. The van der Waals surface area contributed by atoms with Gasteiger partial charge in [-0.05, 0) is 27.0 Å². The Labute approximate surface area is 108 Å². The van der Waals surface area contributed by atoms with Crippen molar-refractivity contribution in [3.63, 3.8) is 0 Å². The van der Waals surface area contributed by atoms with Gasteiger partial charge in [-0.15, -0.1) is 0 Å². The Hall–Kier alpha value is 1.22. The van der Waals surface area contributed by atoms with E-state index in [9.17, 15) is 18.9 Å². The topological polar surface area (TPSA) is 167 Å². The van der Waals surface area contributed by atoms with Crippen LogP contribution in [0.3, 0.4) is 0 Å². The van der Waals surface area contributed by atoms with Gasteiger partial charge in [-0.25, -0.2) is 0 Å². The van der Waals surface area contributed by atoms with Crippen LogP contribution in [0.4, 0.5) is 0 Å². The van der Waals surface area contributed by atoms with Crippen LogP contribution in [0, 0.1) is 0 Å². The molecule has 1 unspecified atom stereocenters. The van der Waals surface area contributed by atoms with E-state index < -0.39 is 26.7 Å². The normalized spacial score (nSPS) is 16.7. The zero-order chi connectivity index (χ0) is 11.6. The number of aliphatic hydroxyl groups is 1. The molecule has 8 nitrogen and oxygen atoms in total. The van der Waals surface area contributed by atoms with Crippen molar-refractivity contribution in [3.8, 4) is 0 Å². The first-order valence-electron chi connectivity index (χ1n) is 3.56. The Morgan fingerprint density at radius 1 is 1.27 bits per heavy atom.